The number of hydrogen-bond donors (Lipinski definition) is 1. The summed E-state index contributed by atoms with van der Waals surface area (Å²) in [5.41, 5.74) is 1.62. The van der Waals surface area contributed by atoms with Crippen LogP contribution in [-0.4, -0.2) is 48.1 Å². The molecule has 2 rings (SSSR count). The Balaban J connectivity index is 1.86. The molecule has 1 saturated heterocycles. The predicted octanol–water partition coefficient (Wildman–Crippen LogP) is 2.37. The molecule has 21 heavy (non-hydrogen) atoms. The molecular weight excluding hydrogens is 288 g/mol. The molecule has 0 aliphatic carbocycles. The van der Waals surface area contributed by atoms with Crippen molar-refractivity contribution in [2.45, 2.75) is 13.3 Å². The van der Waals surface area contributed by atoms with E-state index in [9.17, 15) is 9.59 Å². The quantitative estimate of drug-likeness (QED) is 0.868. The molecule has 0 atom stereocenters. The van der Waals surface area contributed by atoms with Crippen molar-refractivity contribution < 1.29 is 14.3 Å². The first-order valence-corrected chi connectivity index (χ1v) is 8.22. The second kappa shape index (κ2) is 7.93. The average Bonchev–Trinajstić information content (AvgIpc) is 2.50. The summed E-state index contributed by atoms with van der Waals surface area (Å²) in [6.07, 6.45) is 0.255. The fourth-order valence-corrected chi connectivity index (χ4v) is 2.96. The summed E-state index contributed by atoms with van der Waals surface area (Å²) in [7, 11) is 0. The number of thioether (sulfide) groups is 1. The highest BCUT2D eigenvalue weighted by molar-refractivity contribution is 7.99. The molecule has 0 unspecified atom stereocenters. The molecule has 0 aromatic heterocycles. The first-order valence-electron chi connectivity index (χ1n) is 7.07. The molecule has 1 aliphatic rings. The topological polar surface area (TPSA) is 58.6 Å². The van der Waals surface area contributed by atoms with E-state index in [0.717, 1.165) is 35.8 Å². The predicted molar refractivity (Wildman–Crippen MR) is 84.7 cm³/mol. The molecule has 0 spiro atoms. The van der Waals surface area contributed by atoms with Crippen LogP contribution in [-0.2, 0) is 16.0 Å². The zero-order chi connectivity index (χ0) is 15.1. The number of urea groups is 1. The minimum absolute atomic E-state index is 0.0616. The Labute approximate surface area is 129 Å². The third-order valence-corrected chi connectivity index (χ3v) is 4.10. The van der Waals surface area contributed by atoms with Crippen LogP contribution in [0.15, 0.2) is 24.3 Å². The minimum Gasteiger partial charge on any atom is -0.466 e. The van der Waals surface area contributed by atoms with Gasteiger partial charge in [0.05, 0.1) is 13.0 Å². The summed E-state index contributed by atoms with van der Waals surface area (Å²) < 4.78 is 4.90. The SMILES string of the molecule is CCOC(=O)Cc1ccc(NC(=O)N2CCSCC2)cc1. The Kier molecular flexibility index (Phi) is 5.92. The van der Waals surface area contributed by atoms with Gasteiger partial charge in [0, 0.05) is 30.3 Å². The lowest BCUT2D eigenvalue weighted by molar-refractivity contribution is -0.142. The van der Waals surface area contributed by atoms with Gasteiger partial charge in [-0.2, -0.15) is 11.8 Å². The van der Waals surface area contributed by atoms with Crippen molar-refractivity contribution in [3.05, 3.63) is 29.8 Å². The minimum atomic E-state index is -0.236. The lowest BCUT2D eigenvalue weighted by Gasteiger charge is -2.26. The zero-order valence-electron chi connectivity index (χ0n) is 12.1. The van der Waals surface area contributed by atoms with Crippen LogP contribution < -0.4 is 5.32 Å². The standard InChI is InChI=1S/C15H20N2O3S/c1-2-20-14(18)11-12-3-5-13(6-4-12)16-15(19)17-7-9-21-10-8-17/h3-6H,2,7-11H2,1H3,(H,16,19). The van der Waals surface area contributed by atoms with Gasteiger partial charge in [0.15, 0.2) is 0 Å². The molecule has 2 amide bonds. The Morgan fingerprint density at radius 2 is 1.90 bits per heavy atom. The fourth-order valence-electron chi connectivity index (χ4n) is 2.05. The third-order valence-electron chi connectivity index (χ3n) is 3.16. The van der Waals surface area contributed by atoms with Gasteiger partial charge in [-0.05, 0) is 24.6 Å². The Hall–Kier alpha value is -1.69. The smallest absolute Gasteiger partial charge is 0.321 e. The van der Waals surface area contributed by atoms with Gasteiger partial charge in [0.1, 0.15) is 0 Å². The van der Waals surface area contributed by atoms with Crippen molar-refractivity contribution in [1.29, 1.82) is 0 Å². The van der Waals surface area contributed by atoms with Gasteiger partial charge < -0.3 is 15.0 Å². The second-order valence-electron chi connectivity index (χ2n) is 4.71. The van der Waals surface area contributed by atoms with Crippen LogP contribution in [0.1, 0.15) is 12.5 Å². The number of carbonyl (C=O) groups excluding carboxylic acids is 2. The van der Waals surface area contributed by atoms with Crippen molar-refractivity contribution in [3.63, 3.8) is 0 Å². The number of rotatable bonds is 4. The Bertz CT molecular complexity index is 484. The highest BCUT2D eigenvalue weighted by Gasteiger charge is 2.16. The van der Waals surface area contributed by atoms with Crippen molar-refractivity contribution in [3.8, 4) is 0 Å². The van der Waals surface area contributed by atoms with Crippen LogP contribution in [0.25, 0.3) is 0 Å². The first-order chi connectivity index (χ1) is 10.2. The molecule has 6 heteroatoms. The van der Waals surface area contributed by atoms with E-state index in [2.05, 4.69) is 5.32 Å². The van der Waals surface area contributed by atoms with Gasteiger partial charge >= 0.3 is 12.0 Å². The highest BCUT2D eigenvalue weighted by atomic mass is 32.2. The number of esters is 1. The molecule has 1 aliphatic heterocycles. The van der Waals surface area contributed by atoms with Gasteiger partial charge in [-0.1, -0.05) is 12.1 Å². The normalized spacial score (nSPS) is 14.6. The van der Waals surface area contributed by atoms with Crippen LogP contribution in [0, 0.1) is 0 Å². The molecule has 0 saturated carbocycles. The molecule has 0 bridgehead atoms. The van der Waals surface area contributed by atoms with Crippen LogP contribution in [0.4, 0.5) is 10.5 Å². The summed E-state index contributed by atoms with van der Waals surface area (Å²) in [5.74, 6) is 1.75. The van der Waals surface area contributed by atoms with E-state index in [4.69, 9.17) is 4.74 Å². The van der Waals surface area contributed by atoms with E-state index < -0.39 is 0 Å². The maximum atomic E-state index is 12.0. The molecule has 1 N–H and O–H groups in total. The van der Waals surface area contributed by atoms with E-state index in [-0.39, 0.29) is 18.4 Å². The van der Waals surface area contributed by atoms with Crippen LogP contribution in [0.5, 0.6) is 0 Å². The van der Waals surface area contributed by atoms with Crippen molar-refractivity contribution in [1.82, 2.24) is 4.90 Å². The number of nitrogens with one attached hydrogen (secondary N) is 1. The van der Waals surface area contributed by atoms with Gasteiger partial charge in [0.25, 0.3) is 0 Å². The number of carbonyl (C=O) groups is 2. The summed E-state index contributed by atoms with van der Waals surface area (Å²) in [6, 6.07) is 7.22. The lowest BCUT2D eigenvalue weighted by Crippen LogP contribution is -2.40. The largest absolute Gasteiger partial charge is 0.466 e. The van der Waals surface area contributed by atoms with E-state index in [1.165, 1.54) is 0 Å². The summed E-state index contributed by atoms with van der Waals surface area (Å²) in [5, 5.41) is 2.88. The van der Waals surface area contributed by atoms with Gasteiger partial charge in [0.2, 0.25) is 0 Å². The molecule has 114 valence electrons. The molecule has 1 aromatic carbocycles. The van der Waals surface area contributed by atoms with E-state index in [1.54, 1.807) is 6.92 Å². The summed E-state index contributed by atoms with van der Waals surface area (Å²) in [4.78, 5) is 25.3. The van der Waals surface area contributed by atoms with Crippen LogP contribution >= 0.6 is 11.8 Å². The second-order valence-corrected chi connectivity index (χ2v) is 5.93. The molecule has 5 nitrogen and oxygen atoms in total. The third kappa shape index (κ3) is 4.97. The summed E-state index contributed by atoms with van der Waals surface area (Å²) in [6.45, 7) is 3.76. The maximum absolute atomic E-state index is 12.0. The van der Waals surface area contributed by atoms with Crippen molar-refractivity contribution in [2.24, 2.45) is 0 Å². The number of anilines is 1. The van der Waals surface area contributed by atoms with E-state index in [1.807, 2.05) is 40.9 Å². The summed E-state index contributed by atoms with van der Waals surface area (Å²) >= 11 is 1.87. The van der Waals surface area contributed by atoms with E-state index in [0.29, 0.717) is 6.61 Å². The monoisotopic (exact) mass is 308 g/mol. The highest BCUT2D eigenvalue weighted by Crippen LogP contribution is 2.14. The molecule has 1 aromatic rings. The Morgan fingerprint density at radius 3 is 2.52 bits per heavy atom. The van der Waals surface area contributed by atoms with Gasteiger partial charge in [-0.15, -0.1) is 0 Å². The number of ether oxygens (including phenoxy) is 1. The van der Waals surface area contributed by atoms with Crippen LogP contribution in [0.3, 0.4) is 0 Å². The first kappa shape index (κ1) is 15.7. The number of hydrogen-bond acceptors (Lipinski definition) is 4. The molecule has 1 heterocycles. The Morgan fingerprint density at radius 1 is 1.24 bits per heavy atom. The average molecular weight is 308 g/mol. The van der Waals surface area contributed by atoms with Crippen molar-refractivity contribution >= 4 is 29.4 Å². The molecular formula is C15H20N2O3S. The van der Waals surface area contributed by atoms with Crippen molar-refractivity contribution in [2.75, 3.05) is 36.5 Å². The lowest BCUT2D eigenvalue weighted by atomic mass is 10.1. The van der Waals surface area contributed by atoms with Gasteiger partial charge in [-0.25, -0.2) is 4.79 Å². The number of nitrogens with zero attached hydrogens (tertiary/aromatic N) is 1. The number of benzene rings is 1. The molecule has 1 fully saturated rings. The van der Waals surface area contributed by atoms with Gasteiger partial charge in [-0.3, -0.25) is 4.79 Å². The number of amides is 2. The maximum Gasteiger partial charge on any atom is 0.321 e. The van der Waals surface area contributed by atoms with Crippen LogP contribution in [0.2, 0.25) is 0 Å². The van der Waals surface area contributed by atoms with E-state index >= 15 is 0 Å². The molecule has 0 radical (unpaired) electrons. The zero-order valence-corrected chi connectivity index (χ0v) is 12.9. The fraction of sp³-hybridized carbons (Fsp3) is 0.467.